The van der Waals surface area contributed by atoms with Crippen molar-refractivity contribution in [3.8, 4) is 0 Å². The molecule has 0 bridgehead atoms. The minimum absolute atomic E-state index is 0.189. The summed E-state index contributed by atoms with van der Waals surface area (Å²) in [6.07, 6.45) is 2.31. The molecule has 1 atom stereocenters. The summed E-state index contributed by atoms with van der Waals surface area (Å²) in [7, 11) is -3.47. The van der Waals surface area contributed by atoms with Crippen molar-refractivity contribution in [1.82, 2.24) is 14.2 Å². The van der Waals surface area contributed by atoms with Gasteiger partial charge >= 0.3 is 0 Å². The third-order valence-electron chi connectivity index (χ3n) is 4.21. The number of H-pyrrole nitrogens is 1. The number of aromatic nitrogens is 1. The average Bonchev–Trinajstić information content (AvgIpc) is 3.18. The van der Waals surface area contributed by atoms with Crippen LogP contribution in [-0.4, -0.2) is 73.1 Å². The van der Waals surface area contributed by atoms with Crippen LogP contribution in [0.5, 0.6) is 0 Å². The first-order valence-corrected chi connectivity index (χ1v) is 8.65. The van der Waals surface area contributed by atoms with E-state index in [1.54, 1.807) is 0 Å². The summed E-state index contributed by atoms with van der Waals surface area (Å²) in [5, 5.41) is 9.04. The molecule has 118 valence electrons. The van der Waals surface area contributed by atoms with E-state index < -0.39 is 10.0 Å². The van der Waals surface area contributed by atoms with Gasteiger partial charge < -0.3 is 14.8 Å². The molecule has 0 amide bonds. The molecule has 3 heterocycles. The Morgan fingerprint density at radius 1 is 1.33 bits per heavy atom. The van der Waals surface area contributed by atoms with Gasteiger partial charge in [-0.05, 0) is 12.5 Å². The number of hydrogen-bond donors (Lipinski definition) is 2. The van der Waals surface area contributed by atoms with Crippen LogP contribution >= 0.6 is 0 Å². The zero-order valence-corrected chi connectivity index (χ0v) is 12.7. The van der Waals surface area contributed by atoms with Crippen molar-refractivity contribution < 1.29 is 18.3 Å². The highest BCUT2D eigenvalue weighted by Crippen LogP contribution is 2.24. The summed E-state index contributed by atoms with van der Waals surface area (Å²) in [6.45, 7) is 4.08. The number of nitrogens with one attached hydrogen (secondary N) is 1. The number of aliphatic hydroxyl groups is 1. The lowest BCUT2D eigenvalue weighted by Crippen LogP contribution is -2.45. The lowest BCUT2D eigenvalue weighted by atomic mass is 10.2. The van der Waals surface area contributed by atoms with Gasteiger partial charge in [0.1, 0.15) is 0 Å². The van der Waals surface area contributed by atoms with Crippen molar-refractivity contribution in [2.75, 3.05) is 39.4 Å². The van der Waals surface area contributed by atoms with Crippen LogP contribution in [0.2, 0.25) is 0 Å². The molecule has 2 aliphatic rings. The molecule has 0 aliphatic carbocycles. The number of hydrogen-bond acceptors (Lipinski definition) is 5. The van der Waals surface area contributed by atoms with Gasteiger partial charge in [0, 0.05) is 44.1 Å². The number of aromatic amines is 1. The fourth-order valence-corrected chi connectivity index (χ4v) is 4.49. The van der Waals surface area contributed by atoms with E-state index in [2.05, 4.69) is 9.88 Å². The molecule has 8 heteroatoms. The molecule has 0 saturated carbocycles. The van der Waals surface area contributed by atoms with E-state index in [-0.39, 0.29) is 17.5 Å². The maximum absolute atomic E-state index is 12.6. The maximum atomic E-state index is 12.6. The number of morpholine rings is 1. The molecule has 1 unspecified atom stereocenters. The predicted molar refractivity (Wildman–Crippen MR) is 76.3 cm³/mol. The minimum Gasteiger partial charge on any atom is -0.390 e. The Kier molecular flexibility index (Phi) is 4.32. The summed E-state index contributed by atoms with van der Waals surface area (Å²) in [6, 6.07) is 1.78. The van der Waals surface area contributed by atoms with E-state index in [4.69, 9.17) is 9.84 Å². The van der Waals surface area contributed by atoms with Crippen LogP contribution in [0.15, 0.2) is 17.2 Å². The maximum Gasteiger partial charge on any atom is 0.244 e. The van der Waals surface area contributed by atoms with Crippen LogP contribution in [0.25, 0.3) is 0 Å². The molecule has 0 aromatic carbocycles. The van der Waals surface area contributed by atoms with Crippen LogP contribution in [-0.2, 0) is 21.4 Å². The zero-order valence-electron chi connectivity index (χ0n) is 11.9. The molecule has 2 saturated heterocycles. The lowest BCUT2D eigenvalue weighted by molar-refractivity contribution is 0.0197. The number of sulfonamides is 1. The second-order valence-corrected chi connectivity index (χ2v) is 7.41. The molecular weight excluding hydrogens is 294 g/mol. The Hall–Kier alpha value is -0.930. The average molecular weight is 315 g/mol. The highest BCUT2D eigenvalue weighted by atomic mass is 32.2. The van der Waals surface area contributed by atoms with E-state index in [0.717, 1.165) is 32.7 Å². The standard InChI is InChI=1S/C13H21N3O4S/c17-10-11-7-13(8-14-11)21(18,19)16-2-1-12(9-16)15-3-5-20-6-4-15/h7-8,12,14,17H,1-6,9-10H2. The van der Waals surface area contributed by atoms with Crippen LogP contribution in [0.1, 0.15) is 12.1 Å². The van der Waals surface area contributed by atoms with Gasteiger partial charge in [0.05, 0.1) is 24.7 Å². The first-order chi connectivity index (χ1) is 10.1. The monoisotopic (exact) mass is 315 g/mol. The predicted octanol–water partition coefficient (Wildman–Crippen LogP) is -0.398. The van der Waals surface area contributed by atoms with Crippen LogP contribution in [0.3, 0.4) is 0 Å². The molecule has 7 nitrogen and oxygen atoms in total. The summed E-state index contributed by atoms with van der Waals surface area (Å²) >= 11 is 0. The third-order valence-corrected chi connectivity index (χ3v) is 6.06. The van der Waals surface area contributed by atoms with Gasteiger partial charge in [0.2, 0.25) is 10.0 Å². The second-order valence-electron chi connectivity index (χ2n) is 5.47. The normalized spacial score (nSPS) is 25.5. The van der Waals surface area contributed by atoms with Crippen LogP contribution < -0.4 is 0 Å². The zero-order chi connectivity index (χ0) is 14.9. The fraction of sp³-hybridized carbons (Fsp3) is 0.692. The Morgan fingerprint density at radius 2 is 2.10 bits per heavy atom. The summed E-state index contributed by atoms with van der Waals surface area (Å²) in [4.78, 5) is 5.32. The molecule has 2 aliphatic heterocycles. The second kappa shape index (κ2) is 6.05. The molecule has 1 aromatic rings. The summed E-state index contributed by atoms with van der Waals surface area (Å²) < 4.78 is 32.0. The van der Waals surface area contributed by atoms with Crippen molar-refractivity contribution >= 4 is 10.0 Å². The number of aliphatic hydroxyl groups excluding tert-OH is 1. The Balaban J connectivity index is 1.69. The number of ether oxygens (including phenoxy) is 1. The van der Waals surface area contributed by atoms with Crippen LogP contribution in [0.4, 0.5) is 0 Å². The van der Waals surface area contributed by atoms with Gasteiger partial charge in [0.15, 0.2) is 0 Å². The third kappa shape index (κ3) is 3.00. The van der Waals surface area contributed by atoms with E-state index in [1.807, 2.05) is 0 Å². The highest BCUT2D eigenvalue weighted by Gasteiger charge is 2.35. The molecular formula is C13H21N3O4S. The first kappa shape index (κ1) is 15.0. The molecule has 1 aromatic heterocycles. The van der Waals surface area contributed by atoms with Crippen molar-refractivity contribution in [3.63, 3.8) is 0 Å². The van der Waals surface area contributed by atoms with Crippen molar-refractivity contribution in [1.29, 1.82) is 0 Å². The topological polar surface area (TPSA) is 85.9 Å². The van der Waals surface area contributed by atoms with E-state index in [9.17, 15) is 8.42 Å². The summed E-state index contributed by atoms with van der Waals surface area (Å²) in [5.74, 6) is 0. The van der Waals surface area contributed by atoms with Crippen LogP contribution in [0, 0.1) is 0 Å². The lowest BCUT2D eigenvalue weighted by Gasteiger charge is -2.32. The number of nitrogens with zero attached hydrogens (tertiary/aromatic N) is 2. The molecule has 2 fully saturated rings. The summed E-state index contributed by atoms with van der Waals surface area (Å²) in [5.41, 5.74) is 0.512. The Bertz CT molecular complexity index is 580. The van der Waals surface area contributed by atoms with Gasteiger partial charge in [-0.2, -0.15) is 4.31 Å². The minimum atomic E-state index is -3.47. The van der Waals surface area contributed by atoms with Crippen molar-refractivity contribution in [2.24, 2.45) is 0 Å². The molecule has 21 heavy (non-hydrogen) atoms. The smallest absolute Gasteiger partial charge is 0.244 e. The van der Waals surface area contributed by atoms with Crippen molar-refractivity contribution in [2.45, 2.75) is 24.0 Å². The largest absolute Gasteiger partial charge is 0.390 e. The van der Waals surface area contributed by atoms with Gasteiger partial charge in [-0.3, -0.25) is 4.90 Å². The molecule has 0 radical (unpaired) electrons. The molecule has 3 rings (SSSR count). The number of rotatable bonds is 4. The van der Waals surface area contributed by atoms with E-state index >= 15 is 0 Å². The van der Waals surface area contributed by atoms with Gasteiger partial charge in [-0.1, -0.05) is 0 Å². The SMILES string of the molecule is O=S(=O)(c1c[nH]c(CO)c1)N1CCC(N2CCOCC2)C1. The van der Waals surface area contributed by atoms with Gasteiger partial charge in [-0.15, -0.1) is 0 Å². The highest BCUT2D eigenvalue weighted by molar-refractivity contribution is 7.89. The van der Waals surface area contributed by atoms with Gasteiger partial charge in [-0.25, -0.2) is 8.42 Å². The van der Waals surface area contributed by atoms with E-state index in [0.29, 0.717) is 18.8 Å². The van der Waals surface area contributed by atoms with Crippen molar-refractivity contribution in [3.05, 3.63) is 18.0 Å². The quantitative estimate of drug-likeness (QED) is 0.790. The molecule has 0 spiro atoms. The fourth-order valence-electron chi connectivity index (χ4n) is 2.98. The Labute approximate surface area is 124 Å². The molecule has 2 N–H and O–H groups in total. The van der Waals surface area contributed by atoms with Gasteiger partial charge in [0.25, 0.3) is 0 Å². The Morgan fingerprint density at radius 3 is 2.76 bits per heavy atom. The first-order valence-electron chi connectivity index (χ1n) is 7.21. The van der Waals surface area contributed by atoms with E-state index in [1.165, 1.54) is 16.6 Å².